The van der Waals surface area contributed by atoms with E-state index in [1.807, 2.05) is 30.3 Å². The van der Waals surface area contributed by atoms with Gasteiger partial charge in [-0.1, -0.05) is 46.3 Å². The van der Waals surface area contributed by atoms with E-state index >= 15 is 0 Å². The van der Waals surface area contributed by atoms with Crippen molar-refractivity contribution in [2.24, 2.45) is 0 Å². The average molecular weight is 321 g/mol. The lowest BCUT2D eigenvalue weighted by atomic mass is 10.0. The summed E-state index contributed by atoms with van der Waals surface area (Å²) >= 11 is 8.53. The SMILES string of the molecule is O=C(O)N[C@@H](Cc1ccccc1)C(=O)C(Cl)Br. The van der Waals surface area contributed by atoms with Gasteiger partial charge in [-0.05, 0) is 12.0 Å². The summed E-state index contributed by atoms with van der Waals surface area (Å²) in [5.41, 5.74) is 0.865. The van der Waals surface area contributed by atoms with Crippen molar-refractivity contribution < 1.29 is 14.7 Å². The highest BCUT2D eigenvalue weighted by atomic mass is 79.9. The maximum Gasteiger partial charge on any atom is 0.405 e. The van der Waals surface area contributed by atoms with Crippen molar-refractivity contribution in [3.63, 3.8) is 0 Å². The van der Waals surface area contributed by atoms with E-state index in [1.165, 1.54) is 0 Å². The molecule has 1 aromatic rings. The number of hydrogen-bond donors (Lipinski definition) is 2. The molecule has 4 nitrogen and oxygen atoms in total. The van der Waals surface area contributed by atoms with Crippen LogP contribution >= 0.6 is 27.5 Å². The topological polar surface area (TPSA) is 66.4 Å². The van der Waals surface area contributed by atoms with Gasteiger partial charge in [-0.3, -0.25) is 4.79 Å². The number of carbonyl (C=O) groups is 2. The van der Waals surface area contributed by atoms with Gasteiger partial charge in [-0.15, -0.1) is 11.6 Å². The number of alkyl halides is 2. The van der Waals surface area contributed by atoms with Gasteiger partial charge in [-0.25, -0.2) is 4.79 Å². The normalized spacial score (nSPS) is 13.8. The molecule has 0 aliphatic rings. The largest absolute Gasteiger partial charge is 0.465 e. The Morgan fingerprint density at radius 1 is 1.35 bits per heavy atom. The highest BCUT2D eigenvalue weighted by Gasteiger charge is 2.25. The predicted octanol–water partition coefficient (Wildman–Crippen LogP) is 2.39. The highest BCUT2D eigenvalue weighted by molar-refractivity contribution is 9.10. The number of carboxylic acid groups (broad SMARTS) is 1. The lowest BCUT2D eigenvalue weighted by molar-refractivity contribution is -0.119. The smallest absolute Gasteiger partial charge is 0.405 e. The molecule has 92 valence electrons. The second-order valence-corrected chi connectivity index (χ2v) is 5.27. The van der Waals surface area contributed by atoms with Crippen LogP contribution in [0.15, 0.2) is 30.3 Å². The molecule has 0 saturated heterocycles. The van der Waals surface area contributed by atoms with E-state index in [9.17, 15) is 9.59 Å². The van der Waals surface area contributed by atoms with Crippen LogP contribution in [0.25, 0.3) is 0 Å². The van der Waals surface area contributed by atoms with Gasteiger partial charge in [0.2, 0.25) is 0 Å². The fourth-order valence-electron chi connectivity index (χ4n) is 1.37. The molecular formula is C11H11BrClNO3. The summed E-state index contributed by atoms with van der Waals surface area (Å²) in [6.07, 6.45) is -0.968. The van der Waals surface area contributed by atoms with E-state index in [2.05, 4.69) is 21.2 Å². The molecule has 0 saturated carbocycles. The predicted molar refractivity (Wildman–Crippen MR) is 68.7 cm³/mol. The van der Waals surface area contributed by atoms with Crippen LogP contribution in [0, 0.1) is 0 Å². The van der Waals surface area contributed by atoms with Gasteiger partial charge in [-0.2, -0.15) is 0 Å². The highest BCUT2D eigenvalue weighted by Crippen LogP contribution is 2.12. The summed E-state index contributed by atoms with van der Waals surface area (Å²) in [5, 5.41) is 10.8. The summed E-state index contributed by atoms with van der Waals surface area (Å²) in [6, 6.07) is 8.28. The average Bonchev–Trinajstić information content (AvgIpc) is 2.28. The van der Waals surface area contributed by atoms with Crippen LogP contribution in [0.2, 0.25) is 0 Å². The number of rotatable bonds is 5. The third kappa shape index (κ3) is 4.75. The molecular weight excluding hydrogens is 309 g/mol. The van der Waals surface area contributed by atoms with Crippen LogP contribution in [0.5, 0.6) is 0 Å². The van der Waals surface area contributed by atoms with Gasteiger partial charge in [0.05, 0.1) is 6.04 Å². The molecule has 17 heavy (non-hydrogen) atoms. The zero-order chi connectivity index (χ0) is 12.8. The first-order chi connectivity index (χ1) is 8.00. The molecule has 0 bridgehead atoms. The van der Waals surface area contributed by atoms with Crippen LogP contribution in [-0.4, -0.2) is 27.3 Å². The Balaban J connectivity index is 2.77. The summed E-state index contributed by atoms with van der Waals surface area (Å²) in [6.45, 7) is 0. The Morgan fingerprint density at radius 2 is 1.94 bits per heavy atom. The van der Waals surface area contributed by atoms with Crippen molar-refractivity contribution in [1.29, 1.82) is 0 Å². The van der Waals surface area contributed by atoms with Gasteiger partial charge in [0.1, 0.15) is 4.29 Å². The van der Waals surface area contributed by atoms with Crippen LogP contribution in [0.4, 0.5) is 4.79 Å². The van der Waals surface area contributed by atoms with Crippen molar-refractivity contribution >= 4 is 39.4 Å². The van der Waals surface area contributed by atoms with Crippen LogP contribution in [0.3, 0.4) is 0 Å². The number of benzene rings is 1. The van der Waals surface area contributed by atoms with E-state index in [0.717, 1.165) is 5.56 Å². The second-order valence-electron chi connectivity index (χ2n) is 3.39. The van der Waals surface area contributed by atoms with E-state index in [4.69, 9.17) is 16.7 Å². The minimum atomic E-state index is -1.25. The van der Waals surface area contributed by atoms with Crippen molar-refractivity contribution in [1.82, 2.24) is 5.32 Å². The number of ketones is 1. The summed E-state index contributed by atoms with van der Waals surface area (Å²) in [5.74, 6) is -0.405. The molecule has 0 radical (unpaired) electrons. The fraction of sp³-hybridized carbons (Fsp3) is 0.273. The lowest BCUT2D eigenvalue weighted by Gasteiger charge is -2.16. The number of carbonyl (C=O) groups excluding carboxylic acids is 1. The molecule has 1 unspecified atom stereocenters. The van der Waals surface area contributed by atoms with Crippen LogP contribution < -0.4 is 5.32 Å². The van der Waals surface area contributed by atoms with Crippen molar-refractivity contribution in [3.8, 4) is 0 Å². The minimum Gasteiger partial charge on any atom is -0.465 e. The molecule has 2 N–H and O–H groups in total. The van der Waals surface area contributed by atoms with Gasteiger partial charge in [0.15, 0.2) is 5.78 Å². The molecule has 1 aromatic carbocycles. The number of amides is 1. The molecule has 0 heterocycles. The maximum atomic E-state index is 11.7. The maximum absolute atomic E-state index is 11.7. The first kappa shape index (κ1) is 14.0. The standard InChI is InChI=1S/C11H11BrClNO3/c12-10(13)9(15)8(14-11(16)17)6-7-4-2-1-3-5-7/h1-5,8,10,14H,6H2,(H,16,17)/t8-,10?/m0/s1. The van der Waals surface area contributed by atoms with Crippen molar-refractivity contribution in [2.45, 2.75) is 16.7 Å². The summed E-state index contributed by atoms with van der Waals surface area (Å²) < 4.78 is -0.900. The van der Waals surface area contributed by atoms with Crippen LogP contribution in [-0.2, 0) is 11.2 Å². The van der Waals surface area contributed by atoms with Gasteiger partial charge < -0.3 is 10.4 Å². The van der Waals surface area contributed by atoms with E-state index in [1.54, 1.807) is 0 Å². The molecule has 0 spiro atoms. The fourth-order valence-corrected chi connectivity index (χ4v) is 1.84. The Hall–Kier alpha value is -1.07. The van der Waals surface area contributed by atoms with E-state index in [0.29, 0.717) is 0 Å². The Kier molecular flexibility index (Phi) is 5.44. The zero-order valence-corrected chi connectivity index (χ0v) is 11.1. The number of nitrogens with one attached hydrogen (secondary N) is 1. The summed E-state index contributed by atoms with van der Waals surface area (Å²) in [7, 11) is 0. The van der Waals surface area contributed by atoms with Crippen LogP contribution in [0.1, 0.15) is 5.56 Å². The third-order valence-electron chi connectivity index (χ3n) is 2.14. The quantitative estimate of drug-likeness (QED) is 0.819. The molecule has 6 heteroatoms. The molecule has 1 amide bonds. The molecule has 0 aromatic heterocycles. The van der Waals surface area contributed by atoms with E-state index < -0.39 is 22.2 Å². The minimum absolute atomic E-state index is 0.279. The van der Waals surface area contributed by atoms with Crippen molar-refractivity contribution in [3.05, 3.63) is 35.9 Å². The Labute approximate surface area is 112 Å². The van der Waals surface area contributed by atoms with Crippen molar-refractivity contribution in [2.75, 3.05) is 0 Å². The Morgan fingerprint density at radius 3 is 2.41 bits per heavy atom. The first-order valence-electron chi connectivity index (χ1n) is 4.86. The van der Waals surface area contributed by atoms with E-state index in [-0.39, 0.29) is 6.42 Å². The zero-order valence-electron chi connectivity index (χ0n) is 8.77. The number of hydrogen-bond acceptors (Lipinski definition) is 2. The first-order valence-corrected chi connectivity index (χ1v) is 6.21. The number of Topliss-reactive ketones (excluding diaryl/α,β-unsaturated/α-hetero) is 1. The van der Waals surface area contributed by atoms with Gasteiger partial charge in [0.25, 0.3) is 0 Å². The number of halogens is 2. The second kappa shape index (κ2) is 6.61. The van der Waals surface area contributed by atoms with Gasteiger partial charge in [0, 0.05) is 0 Å². The third-order valence-corrected chi connectivity index (χ3v) is 2.81. The lowest BCUT2D eigenvalue weighted by Crippen LogP contribution is -2.43. The Bertz CT molecular complexity index is 397. The molecule has 1 rings (SSSR count). The summed E-state index contributed by atoms with van der Waals surface area (Å²) in [4.78, 5) is 22.3. The molecule has 0 aliphatic carbocycles. The monoisotopic (exact) mass is 319 g/mol. The molecule has 0 aliphatic heterocycles. The molecule has 2 atom stereocenters. The van der Waals surface area contributed by atoms with Gasteiger partial charge >= 0.3 is 6.09 Å². The molecule has 0 fully saturated rings.